The fourth-order valence-electron chi connectivity index (χ4n) is 15.6. The smallest absolute Gasteiger partial charge is 0.414 e. The number of aliphatic hydroxyl groups excluding tert-OH is 1. The molecule has 0 spiro atoms. The third kappa shape index (κ3) is 27.7. The van der Waals surface area contributed by atoms with Gasteiger partial charge in [0.2, 0.25) is 23.3 Å². The maximum absolute atomic E-state index is 13.3. The number of furan rings is 4. The number of carbonyl (C=O) groups excluding carboxylic acids is 6. The second kappa shape index (κ2) is 51.3. The van der Waals surface area contributed by atoms with Gasteiger partial charge >= 0.3 is 35.9 Å². The number of ether oxygens (including phenoxy) is 9. The highest BCUT2D eigenvalue weighted by molar-refractivity contribution is 6.33. The maximum atomic E-state index is 13.3. The second-order valence-corrected chi connectivity index (χ2v) is 33.3. The number of anilines is 4. The lowest BCUT2D eigenvalue weighted by Gasteiger charge is -2.23. The molecule has 7 aromatic heterocycles. The summed E-state index contributed by atoms with van der Waals surface area (Å²) >= 11 is 30.0. The lowest BCUT2D eigenvalue weighted by molar-refractivity contribution is 0.0485. The molecule has 3 amide bonds. The van der Waals surface area contributed by atoms with Gasteiger partial charge in [0.05, 0.1) is 57.5 Å². The third-order valence-electron chi connectivity index (χ3n) is 22.1. The van der Waals surface area contributed by atoms with Crippen LogP contribution in [0.4, 0.5) is 41.7 Å². The summed E-state index contributed by atoms with van der Waals surface area (Å²) in [7, 11) is 2.12. The van der Waals surface area contributed by atoms with E-state index in [1.165, 1.54) is 22.3 Å². The van der Waals surface area contributed by atoms with Gasteiger partial charge in [-0.05, 0) is 260 Å². The van der Waals surface area contributed by atoms with Crippen molar-refractivity contribution in [3.05, 3.63) is 169 Å². The molecule has 5 saturated heterocycles. The number of halogens is 6. The highest BCUT2D eigenvalue weighted by atomic mass is 35.5. The van der Waals surface area contributed by atoms with Crippen molar-refractivity contribution in [3.8, 4) is 11.3 Å². The highest BCUT2D eigenvalue weighted by Gasteiger charge is 2.35. The number of aromatic nitrogens is 4. The molecule has 6 atom stereocenters. The molecule has 5 aliphatic heterocycles. The number of pyridine rings is 2. The first-order valence-corrected chi connectivity index (χ1v) is 46.5. The van der Waals surface area contributed by atoms with Gasteiger partial charge in [-0.3, -0.25) is 24.5 Å². The van der Waals surface area contributed by atoms with Crippen molar-refractivity contribution in [2.45, 2.75) is 181 Å². The van der Waals surface area contributed by atoms with E-state index < -0.39 is 41.9 Å². The van der Waals surface area contributed by atoms with Crippen molar-refractivity contribution < 1.29 is 98.6 Å². The molecule has 5 fully saturated rings. The number of hydrogen-bond acceptors (Lipinski definition) is 28. The fraction of sp³-hybridized carbons (Fsp3) is 0.468. The van der Waals surface area contributed by atoms with E-state index in [2.05, 4.69) is 49.3 Å². The van der Waals surface area contributed by atoms with Crippen molar-refractivity contribution in [1.29, 1.82) is 0 Å². The Hall–Kier alpha value is -10.2. The third-order valence-corrected chi connectivity index (χ3v) is 23.3. The zero-order chi connectivity index (χ0) is 94.3. The van der Waals surface area contributed by atoms with Crippen LogP contribution in [0.2, 0.25) is 20.1 Å². The van der Waals surface area contributed by atoms with Gasteiger partial charge < -0.3 is 81.4 Å². The Kier molecular flexibility index (Phi) is 39.7. The summed E-state index contributed by atoms with van der Waals surface area (Å²) in [5, 5.41) is 18.7. The Morgan fingerprint density at radius 1 is 0.576 bits per heavy atom. The van der Waals surface area contributed by atoms with E-state index in [1.807, 2.05) is 24.3 Å². The number of fused-ring (bicyclic) bond motifs is 6. The number of carbonyl (C=O) groups is 6. The van der Waals surface area contributed by atoms with Gasteiger partial charge in [-0.2, -0.15) is 9.37 Å². The lowest BCUT2D eigenvalue weighted by atomic mass is 10.1. The SMILES string of the molecule is CCC(CCN)NCl.CCOC(=O)N(CCC1CCCO1)c1c(C(=O)c2ccc(F)nc2)oc2ccc(Cl)cc12.CCOC(=O)Nc1c(C(=O)OCC)oc2ccc(Cl)cc12.CCOC(=O)c1oc2ccc(Cl)cc2c1N(CCC1CCCO1)C(=O)OCC.CN1CCC(Nc2ccc(-c3nc(=O)n(CCC4CCCO4)c4c3oc3ccc(Cl)cc34)cn2)C1.OCCC1CCCO1. The molecule has 6 unspecified atom stereocenters. The Balaban J connectivity index is 0.000000162. The minimum atomic E-state index is -0.706. The van der Waals surface area contributed by atoms with Crippen LogP contribution in [0.3, 0.4) is 0 Å². The lowest BCUT2D eigenvalue weighted by Crippen LogP contribution is -2.35. The average molecular weight is 1930 g/mol. The number of nitrogens with zero attached hydrogens (tertiary/aromatic N) is 7. The standard InChI is InChI=1S/C26H28ClN5O3.C23H22ClFN2O5.C20H24ClNO6.C14H14ClNO5.C6H12O2.C5H13ClN2/c1-31-10-8-18(15-31)29-22-7-4-16(14-28-22)23-25-24(20-13-17(27)5-6-21(20)35-25)32(26(33)30-23)11-9-19-3-2-12-34-19;1-2-30-23(29)27(10-9-16-4-3-11-31-16)20-17-12-15(24)6-7-18(17)32-22(20)21(28)14-5-8-19(25)26-13-14;1-3-25-19(23)18-17(15-12-13(21)7-8-16(15)28-18)22(20(24)26-4-2)10-9-14-6-5-11-27-14;1-3-19-13(17)12-11(16-14(18)20-4-2)9-7-8(15)5-6-10(9)21-12;7-4-3-6-2-1-5-8-6;1-2-5(8-6)3-4-7/h4-7,13-14,18-19H,2-3,8-12,15H2,1H3,(H,28,29);5-8,12-13,16H,2-4,9-11H2,1H3;7-8,12,14H,3-6,9-11H2,1-2H3;5-7H,3-4H2,1-2H3,(H,16,18);6-7H,1-5H2;5,8H,2-4,7H2,1H3. The van der Waals surface area contributed by atoms with Gasteiger partial charge in [-0.15, -0.1) is 0 Å². The van der Waals surface area contributed by atoms with Crippen LogP contribution in [0.15, 0.2) is 132 Å². The minimum absolute atomic E-state index is 0.0223. The number of likely N-dealkylation sites (N-methyl/N-ethyl adjacent to an activating group) is 1. The van der Waals surface area contributed by atoms with Crippen molar-refractivity contribution in [2.75, 3.05) is 126 Å². The predicted octanol–water partition coefficient (Wildman–Crippen LogP) is 20.0. The molecule has 0 radical (unpaired) electrons. The number of aliphatic hydroxyl groups is 1. The molecule has 0 saturated carbocycles. The Morgan fingerprint density at radius 3 is 1.53 bits per heavy atom. The summed E-state index contributed by atoms with van der Waals surface area (Å²) in [6.07, 6.45) is 15.7. The summed E-state index contributed by atoms with van der Waals surface area (Å²) in [6.45, 7) is 18.7. The van der Waals surface area contributed by atoms with Crippen LogP contribution < -0.4 is 36.7 Å². The van der Waals surface area contributed by atoms with Crippen molar-refractivity contribution in [2.24, 2.45) is 5.73 Å². The number of esters is 2. The number of aryl methyl sites for hydroxylation is 1. The number of likely N-dealkylation sites (tertiary alicyclic amines) is 1. The van der Waals surface area contributed by atoms with E-state index in [9.17, 15) is 38.0 Å². The molecule has 38 heteroatoms. The summed E-state index contributed by atoms with van der Waals surface area (Å²) in [5.74, 6) is -1.95. The first-order chi connectivity index (χ1) is 63.9. The summed E-state index contributed by atoms with van der Waals surface area (Å²) in [4.78, 5) is 109. The molecule has 0 aliphatic carbocycles. The predicted molar refractivity (Wildman–Crippen MR) is 504 cm³/mol. The van der Waals surface area contributed by atoms with E-state index in [4.69, 9.17) is 129 Å². The molecule has 4 aromatic carbocycles. The van der Waals surface area contributed by atoms with Gasteiger partial charge in [-0.1, -0.05) is 53.3 Å². The molecule has 132 heavy (non-hydrogen) atoms. The number of rotatable bonds is 30. The van der Waals surface area contributed by atoms with Gasteiger partial charge in [0, 0.05) is 136 Å². The number of benzene rings is 4. The first-order valence-electron chi connectivity index (χ1n) is 44.6. The molecule has 5 aliphatic rings. The fourth-order valence-corrected chi connectivity index (χ4v) is 16.6. The largest absolute Gasteiger partial charge is 0.460 e. The zero-order valence-electron chi connectivity index (χ0n) is 74.9. The molecule has 0 bridgehead atoms. The molecule has 712 valence electrons. The topological polar surface area (TPSA) is 391 Å². The van der Waals surface area contributed by atoms with E-state index in [0.29, 0.717) is 138 Å². The van der Waals surface area contributed by atoms with Crippen LogP contribution in [-0.2, 0) is 49.2 Å². The minimum Gasteiger partial charge on any atom is -0.460 e. The summed E-state index contributed by atoms with van der Waals surface area (Å²) < 4.78 is 86.0. The van der Waals surface area contributed by atoms with Crippen LogP contribution >= 0.6 is 58.2 Å². The molecular formula is C94H113Cl5FN11O21. The summed E-state index contributed by atoms with van der Waals surface area (Å²) in [6, 6.07) is 27.2. The normalized spacial score (nSPS) is 17.1. The first kappa shape index (κ1) is 102. The van der Waals surface area contributed by atoms with Crippen LogP contribution in [0, 0.1) is 5.95 Å². The summed E-state index contributed by atoms with van der Waals surface area (Å²) in [5.41, 5.74) is 10.3. The average Bonchev–Trinajstić information content (AvgIpc) is 1.60. The Labute approximate surface area is 788 Å². The quantitative estimate of drug-likeness (QED) is 0.00917. The van der Waals surface area contributed by atoms with E-state index >= 15 is 0 Å². The van der Waals surface area contributed by atoms with Gasteiger partial charge in [0.1, 0.15) is 56.4 Å². The zero-order valence-corrected chi connectivity index (χ0v) is 78.6. The molecule has 12 heterocycles. The van der Waals surface area contributed by atoms with Crippen LogP contribution in [0.1, 0.15) is 175 Å². The van der Waals surface area contributed by atoms with Crippen LogP contribution in [-0.4, -0.2) is 208 Å². The van der Waals surface area contributed by atoms with Gasteiger partial charge in [-0.25, -0.2) is 43.6 Å². The molecule has 6 N–H and O–H groups in total. The number of nitrogens with two attached hydrogens (primary N) is 1. The number of amides is 3. The number of hydrogen-bond donors (Lipinski definition) is 5. The number of nitrogens with one attached hydrogen (secondary N) is 3. The van der Waals surface area contributed by atoms with Crippen LogP contribution in [0.25, 0.3) is 66.2 Å². The van der Waals surface area contributed by atoms with E-state index in [-0.39, 0.29) is 104 Å². The van der Waals surface area contributed by atoms with Crippen molar-refractivity contribution in [3.63, 3.8) is 0 Å². The van der Waals surface area contributed by atoms with Gasteiger partial charge in [0.25, 0.3) is 0 Å². The van der Waals surface area contributed by atoms with Gasteiger partial charge in [0.15, 0.2) is 11.3 Å². The van der Waals surface area contributed by atoms with Crippen molar-refractivity contribution >= 4 is 172 Å². The van der Waals surface area contributed by atoms with Crippen molar-refractivity contribution in [1.82, 2.24) is 29.3 Å². The maximum Gasteiger partial charge on any atom is 0.414 e. The highest BCUT2D eigenvalue weighted by Crippen LogP contribution is 2.42. The van der Waals surface area contributed by atoms with E-state index in [0.717, 1.165) is 139 Å². The second-order valence-electron chi connectivity index (χ2n) is 31.3. The molecule has 32 nitrogen and oxygen atoms in total. The van der Waals surface area contributed by atoms with Crippen LogP contribution in [0.5, 0.6) is 0 Å². The monoisotopic (exact) mass is 1930 g/mol. The number of ketones is 1. The molecule has 16 rings (SSSR count). The Morgan fingerprint density at radius 2 is 1.07 bits per heavy atom. The molecular weight excluding hydrogens is 1820 g/mol. The Bertz CT molecular complexity index is 5690. The van der Waals surface area contributed by atoms with E-state index in [1.54, 1.807) is 106 Å². The molecule has 11 aromatic rings.